The molecule has 0 aliphatic heterocycles. The molecule has 18 nitrogen and oxygen atoms in total. The smallest absolute Gasteiger partial charge is 0.866 e. The molecule has 6 rings (SSSR count). The van der Waals surface area contributed by atoms with Gasteiger partial charge in [0.25, 0.3) is 11.2 Å². The predicted octanol–water partition coefficient (Wildman–Crippen LogP) is 9.06. The Morgan fingerprint density at radius 2 is 1.18 bits per heavy atom. The summed E-state index contributed by atoms with van der Waals surface area (Å²) in [7, 11) is 0. The fourth-order valence-electron chi connectivity index (χ4n) is 6.16. The van der Waals surface area contributed by atoms with Crippen molar-refractivity contribution in [3.8, 4) is 28.8 Å². The van der Waals surface area contributed by atoms with E-state index < -0.39 is 32.7 Å². The Morgan fingerprint density at radius 1 is 0.705 bits per heavy atom. The Bertz CT molecular complexity index is 2660. The number of azo groups is 2. The van der Waals surface area contributed by atoms with E-state index in [0.29, 0.717) is 46.7 Å². The van der Waals surface area contributed by atoms with Gasteiger partial charge < -0.3 is 15.3 Å². The number of nitro benzene ring substituents is 2. The van der Waals surface area contributed by atoms with Gasteiger partial charge in [-0.25, -0.2) is 9.36 Å². The first-order valence-electron chi connectivity index (χ1n) is 18.7. The molecule has 1 radical (unpaired) electrons. The van der Waals surface area contributed by atoms with E-state index in [1.165, 1.54) is 27.6 Å². The van der Waals surface area contributed by atoms with Crippen molar-refractivity contribution in [3.05, 3.63) is 138 Å². The Labute approximate surface area is 361 Å². The summed E-state index contributed by atoms with van der Waals surface area (Å²) in [5.41, 5.74) is 1.67. The van der Waals surface area contributed by atoms with Gasteiger partial charge in [-0.2, -0.15) is 10.2 Å². The zero-order chi connectivity index (χ0) is 44.1. The van der Waals surface area contributed by atoms with Gasteiger partial charge in [-0.15, -0.1) is 15.3 Å². The maximum atomic E-state index is 12.7. The van der Waals surface area contributed by atoms with E-state index in [1.54, 1.807) is 68.4 Å². The quantitative estimate of drug-likeness (QED) is 0.0599. The second kappa shape index (κ2) is 19.0. The van der Waals surface area contributed by atoms with Crippen LogP contribution in [-0.2, 0) is 30.2 Å². The monoisotopic (exact) mass is 869 g/mol. The third-order valence-electron chi connectivity index (χ3n) is 8.69. The summed E-state index contributed by atoms with van der Waals surface area (Å²) >= 11 is 0. The van der Waals surface area contributed by atoms with E-state index >= 15 is 0 Å². The number of nitro groups is 2. The van der Waals surface area contributed by atoms with Crippen LogP contribution in [0.2, 0.25) is 0 Å². The van der Waals surface area contributed by atoms with Crippen LogP contribution in [0, 0.1) is 44.9 Å². The minimum atomic E-state index is -0.835. The van der Waals surface area contributed by atoms with E-state index in [9.17, 15) is 35.2 Å². The number of benzene rings is 4. The van der Waals surface area contributed by atoms with Crippen LogP contribution in [0.3, 0.4) is 0 Å². The number of aromatic amines is 1. The average Bonchev–Trinajstić information content (AvgIpc) is 3.62. The Hall–Kier alpha value is -6.97. The maximum Gasteiger partial charge on any atom is 3.00 e. The van der Waals surface area contributed by atoms with Crippen LogP contribution in [0.15, 0.2) is 110 Å². The van der Waals surface area contributed by atoms with Crippen LogP contribution in [0.4, 0.5) is 34.1 Å². The second-order valence-electron chi connectivity index (χ2n) is 16.4. The Kier molecular flexibility index (Phi) is 14.5. The first-order valence-corrected chi connectivity index (χ1v) is 18.7. The fraction of sp³-hybridized carbons (Fsp3) is 0.286. The first-order chi connectivity index (χ1) is 28.1. The van der Waals surface area contributed by atoms with Crippen molar-refractivity contribution in [2.75, 3.05) is 0 Å². The van der Waals surface area contributed by atoms with Gasteiger partial charge in [-0.05, 0) is 85.0 Å². The van der Waals surface area contributed by atoms with Crippen molar-refractivity contribution in [1.29, 1.82) is 0 Å². The van der Waals surface area contributed by atoms with Crippen LogP contribution >= 0.6 is 0 Å². The van der Waals surface area contributed by atoms with Gasteiger partial charge in [0, 0.05) is 23.8 Å². The van der Waals surface area contributed by atoms with Crippen LogP contribution in [0.5, 0.6) is 17.4 Å². The van der Waals surface area contributed by atoms with Crippen LogP contribution in [0.25, 0.3) is 11.4 Å². The number of rotatable bonds is 10. The van der Waals surface area contributed by atoms with E-state index in [-0.39, 0.29) is 62.4 Å². The van der Waals surface area contributed by atoms with Gasteiger partial charge in [0.05, 0.1) is 38.3 Å². The number of hydrogen-bond acceptors (Lipinski definition) is 12. The number of nitrogens with one attached hydrogen (secondary N) is 1. The molecule has 0 saturated carbocycles. The fourth-order valence-corrected chi connectivity index (χ4v) is 6.16. The SMILES string of the molecule is Cc1[nH]n(-c2ccccc2)c(=O)c1N=Nc1cc(CC(C)(C)C)cc([N+](=O)[O-])c1[O-].Cc1nn(-c2ccccc2)c([O-])c1N=Nc1cc(CC(C)(C)C)cc([N+](=O)[O-])c1[OH2+].[Cr+3]. The molecule has 315 valence electrons. The topological polar surface area (TPSA) is 260 Å². The minimum Gasteiger partial charge on any atom is -0.866 e. The molecule has 0 atom stereocenters. The van der Waals surface area contributed by atoms with Gasteiger partial charge in [0.2, 0.25) is 0 Å². The maximum absolute atomic E-state index is 12.7. The number of nitrogens with zero attached hydrogens (tertiary/aromatic N) is 9. The molecule has 0 unspecified atom stereocenters. The summed E-state index contributed by atoms with van der Waals surface area (Å²) in [6, 6.07) is 23.6. The van der Waals surface area contributed by atoms with Crippen LogP contribution in [-0.4, -0.2) is 34.5 Å². The van der Waals surface area contributed by atoms with E-state index in [1.807, 2.05) is 53.7 Å². The number of aromatic nitrogens is 4. The standard InChI is InChI=1S/2C21H23N5O4.Cr/c2*1-13-18(20(28)25(24-13)15-8-6-5-7-9-15)23-22-16-10-14(12-21(2,3)4)11-17(19(16)27)26(29)30;/h5-11,27-28H,12H2,1-4H3;5-11,24,27H,12H2,1-4H3;/q;;+3/p-1. The number of aryl methyl sites for hydroxylation is 2. The van der Waals surface area contributed by atoms with E-state index in [0.717, 1.165) is 0 Å². The zero-order valence-corrected chi connectivity index (χ0v) is 36.1. The Morgan fingerprint density at radius 3 is 1.70 bits per heavy atom. The average molecular weight is 870 g/mol. The van der Waals surface area contributed by atoms with E-state index in [4.69, 9.17) is 5.11 Å². The second-order valence-corrected chi connectivity index (χ2v) is 16.4. The van der Waals surface area contributed by atoms with Crippen molar-refractivity contribution in [1.82, 2.24) is 19.6 Å². The van der Waals surface area contributed by atoms with Crippen molar-refractivity contribution < 1.29 is 42.5 Å². The molecule has 2 heterocycles. The Balaban J connectivity index is 0.000000264. The molecule has 0 bridgehead atoms. The summed E-state index contributed by atoms with van der Waals surface area (Å²) in [6.45, 7) is 15.3. The minimum absolute atomic E-state index is 0. The number of para-hydroxylation sites is 2. The molecule has 0 spiro atoms. The third-order valence-corrected chi connectivity index (χ3v) is 8.69. The predicted molar refractivity (Wildman–Crippen MR) is 222 cm³/mol. The molecule has 0 saturated heterocycles. The number of H-pyrrole nitrogens is 1. The molecule has 3 N–H and O–H groups in total. The summed E-state index contributed by atoms with van der Waals surface area (Å²) in [5, 5.41) is 79.0. The van der Waals surface area contributed by atoms with Gasteiger partial charge in [-0.1, -0.05) is 77.9 Å². The van der Waals surface area contributed by atoms with Crippen molar-refractivity contribution in [2.45, 2.75) is 68.2 Å². The summed E-state index contributed by atoms with van der Waals surface area (Å²) in [5.74, 6) is -1.63. The molecule has 4 aromatic carbocycles. The zero-order valence-electron chi connectivity index (χ0n) is 34.8. The molecule has 0 amide bonds. The van der Waals surface area contributed by atoms with Crippen molar-refractivity contribution in [2.24, 2.45) is 31.3 Å². The van der Waals surface area contributed by atoms with Gasteiger partial charge in [0.1, 0.15) is 5.69 Å². The normalized spacial score (nSPS) is 11.7. The molecule has 2 aromatic heterocycles. The summed E-state index contributed by atoms with van der Waals surface area (Å²) < 4.78 is 2.55. The van der Waals surface area contributed by atoms with Crippen LogP contribution in [0.1, 0.15) is 64.1 Å². The first kappa shape index (κ1) is 46.7. The van der Waals surface area contributed by atoms with Crippen molar-refractivity contribution >= 4 is 34.1 Å². The summed E-state index contributed by atoms with van der Waals surface area (Å²) in [4.78, 5) is 34.1. The van der Waals surface area contributed by atoms with Gasteiger partial charge >= 0.3 is 28.8 Å². The molecule has 0 aliphatic carbocycles. The molecule has 0 aliphatic rings. The molecule has 0 fully saturated rings. The number of hydrogen-bond donors (Lipinski definition) is 1. The van der Waals surface area contributed by atoms with Crippen molar-refractivity contribution in [3.63, 3.8) is 0 Å². The summed E-state index contributed by atoms with van der Waals surface area (Å²) in [6.07, 6.45) is 1.08. The molecule has 19 heteroatoms. The molecular weight excluding hydrogens is 825 g/mol. The van der Waals surface area contributed by atoms with Crippen LogP contribution < -0.4 is 15.8 Å². The third kappa shape index (κ3) is 11.6. The van der Waals surface area contributed by atoms with E-state index in [2.05, 4.69) is 30.7 Å². The molecule has 61 heavy (non-hydrogen) atoms. The molecule has 6 aromatic rings. The molecular formula is C42H45CrN10O8+2. The van der Waals surface area contributed by atoms with Gasteiger partial charge in [-0.3, -0.25) is 30.1 Å². The van der Waals surface area contributed by atoms with Gasteiger partial charge in [0.15, 0.2) is 11.4 Å². The largest absolute Gasteiger partial charge is 3.00 e.